The molecule has 4 aromatic rings. The number of thiazole rings is 1. The number of carboxylic acid groups (broad SMARTS) is 1. The van der Waals surface area contributed by atoms with Crippen LogP contribution in [-0.2, 0) is 13.2 Å². The zero-order valence-corrected chi connectivity index (χ0v) is 14.5. The van der Waals surface area contributed by atoms with Gasteiger partial charge >= 0.3 is 12.1 Å². The highest BCUT2D eigenvalue weighted by atomic mass is 32.1. The Balaban J connectivity index is 1.71. The summed E-state index contributed by atoms with van der Waals surface area (Å²) in [4.78, 5) is 19.7. The van der Waals surface area contributed by atoms with Crippen LogP contribution < -0.4 is 5.32 Å². The first-order valence-electron chi connectivity index (χ1n) is 7.67. The van der Waals surface area contributed by atoms with Crippen LogP contribution in [0.15, 0.2) is 36.4 Å². The van der Waals surface area contributed by atoms with Gasteiger partial charge in [0.05, 0.1) is 32.4 Å². The first kappa shape index (κ1) is 17.3. The molecule has 0 saturated carbocycles. The van der Waals surface area contributed by atoms with Crippen LogP contribution in [0.5, 0.6) is 0 Å². The van der Waals surface area contributed by atoms with Crippen molar-refractivity contribution in [1.82, 2.24) is 14.5 Å². The Morgan fingerprint density at radius 3 is 2.63 bits per heavy atom. The summed E-state index contributed by atoms with van der Waals surface area (Å²) in [6.07, 6.45) is -4.41. The van der Waals surface area contributed by atoms with Gasteiger partial charge < -0.3 is 15.0 Å². The summed E-state index contributed by atoms with van der Waals surface area (Å²) < 4.78 is 40.6. The zero-order valence-electron chi connectivity index (χ0n) is 13.7. The Morgan fingerprint density at radius 1 is 1.15 bits per heavy atom. The van der Waals surface area contributed by atoms with Crippen LogP contribution >= 0.6 is 11.3 Å². The SMILES string of the molecule is Cn1c(Nc2nc3ccc(C(F)(F)F)cc3s2)nc2cc(C(=O)O)ccc21. The molecule has 2 aromatic carbocycles. The average molecular weight is 392 g/mol. The van der Waals surface area contributed by atoms with Crippen molar-refractivity contribution in [1.29, 1.82) is 0 Å². The monoisotopic (exact) mass is 392 g/mol. The fourth-order valence-corrected chi connectivity index (χ4v) is 3.59. The largest absolute Gasteiger partial charge is 0.478 e. The van der Waals surface area contributed by atoms with Crippen molar-refractivity contribution in [3.63, 3.8) is 0 Å². The molecule has 0 radical (unpaired) electrons. The number of anilines is 2. The molecule has 4 rings (SSSR count). The van der Waals surface area contributed by atoms with E-state index in [0.717, 1.165) is 23.5 Å². The standard InChI is InChI=1S/C17H11F3N4O2S/c1-24-12-5-2-8(14(25)26)6-11(12)21-15(24)23-16-22-10-4-3-9(17(18,19)20)7-13(10)27-16/h2-7H,1H3,(H,25,26)(H,21,22,23). The average Bonchev–Trinajstić information content (AvgIpc) is 3.14. The van der Waals surface area contributed by atoms with Crippen molar-refractivity contribution < 1.29 is 23.1 Å². The number of carboxylic acids is 1. The summed E-state index contributed by atoms with van der Waals surface area (Å²) >= 11 is 1.08. The molecule has 0 aliphatic heterocycles. The number of hydrogen-bond acceptors (Lipinski definition) is 5. The molecule has 27 heavy (non-hydrogen) atoms. The number of aromatic nitrogens is 3. The van der Waals surface area contributed by atoms with Gasteiger partial charge in [-0.05, 0) is 36.4 Å². The van der Waals surface area contributed by atoms with Crippen LogP contribution in [0.4, 0.5) is 24.3 Å². The molecular weight excluding hydrogens is 381 g/mol. The highest BCUT2D eigenvalue weighted by molar-refractivity contribution is 7.22. The predicted octanol–water partition coefficient (Wildman–Crippen LogP) is 4.64. The Kier molecular flexibility index (Phi) is 3.81. The molecule has 2 heterocycles. The topological polar surface area (TPSA) is 80.0 Å². The molecule has 0 spiro atoms. The zero-order chi connectivity index (χ0) is 19.3. The van der Waals surface area contributed by atoms with Crippen LogP contribution in [0.3, 0.4) is 0 Å². The fraction of sp³-hybridized carbons (Fsp3) is 0.118. The first-order valence-corrected chi connectivity index (χ1v) is 8.48. The van der Waals surface area contributed by atoms with Crippen LogP contribution in [-0.4, -0.2) is 25.6 Å². The van der Waals surface area contributed by atoms with Gasteiger partial charge in [-0.3, -0.25) is 0 Å². The minimum atomic E-state index is -4.41. The Labute approximate surface area is 153 Å². The lowest BCUT2D eigenvalue weighted by Crippen LogP contribution is -2.03. The number of fused-ring (bicyclic) bond motifs is 2. The minimum absolute atomic E-state index is 0.117. The van der Waals surface area contributed by atoms with Gasteiger partial charge in [0.25, 0.3) is 0 Å². The number of benzene rings is 2. The number of imidazole rings is 1. The van der Waals surface area contributed by atoms with E-state index in [0.29, 0.717) is 32.3 Å². The van der Waals surface area contributed by atoms with Crippen molar-refractivity contribution in [3.05, 3.63) is 47.5 Å². The van der Waals surface area contributed by atoms with Crippen LogP contribution in [0.1, 0.15) is 15.9 Å². The first-order chi connectivity index (χ1) is 12.7. The van der Waals surface area contributed by atoms with Crippen LogP contribution in [0.2, 0.25) is 0 Å². The molecule has 0 bridgehead atoms. The second-order valence-corrected chi connectivity index (χ2v) is 6.86. The van der Waals surface area contributed by atoms with Crippen LogP contribution in [0.25, 0.3) is 21.3 Å². The molecule has 2 aromatic heterocycles. The quantitative estimate of drug-likeness (QED) is 0.531. The van der Waals surface area contributed by atoms with E-state index in [1.54, 1.807) is 17.7 Å². The molecule has 6 nitrogen and oxygen atoms in total. The summed E-state index contributed by atoms with van der Waals surface area (Å²) in [5, 5.41) is 12.5. The van der Waals surface area contributed by atoms with Crippen molar-refractivity contribution in [3.8, 4) is 0 Å². The smallest absolute Gasteiger partial charge is 0.416 e. The Hall–Kier alpha value is -3.14. The number of nitrogens with zero attached hydrogens (tertiary/aromatic N) is 3. The number of carbonyl (C=O) groups is 1. The third-order valence-corrected chi connectivity index (χ3v) is 5.00. The fourth-order valence-electron chi connectivity index (χ4n) is 2.69. The van der Waals surface area contributed by atoms with Gasteiger partial charge in [0.15, 0.2) is 5.13 Å². The van der Waals surface area contributed by atoms with Gasteiger partial charge in [0.1, 0.15) is 0 Å². The van der Waals surface area contributed by atoms with Crippen molar-refractivity contribution >= 4 is 49.6 Å². The van der Waals surface area contributed by atoms with Crippen molar-refractivity contribution in [2.45, 2.75) is 6.18 Å². The van der Waals surface area contributed by atoms with Gasteiger partial charge in [-0.2, -0.15) is 13.2 Å². The van der Waals surface area contributed by atoms with Gasteiger partial charge in [-0.15, -0.1) is 0 Å². The molecule has 0 fully saturated rings. The van der Waals surface area contributed by atoms with E-state index in [1.165, 1.54) is 18.2 Å². The van der Waals surface area contributed by atoms with E-state index in [9.17, 15) is 18.0 Å². The lowest BCUT2D eigenvalue weighted by atomic mass is 10.2. The second-order valence-electron chi connectivity index (χ2n) is 5.83. The maximum atomic E-state index is 12.8. The second kappa shape index (κ2) is 5.95. The molecule has 0 amide bonds. The van der Waals surface area contributed by atoms with E-state index in [1.807, 2.05) is 0 Å². The molecule has 2 N–H and O–H groups in total. The molecular formula is C17H11F3N4O2S. The molecule has 0 aliphatic rings. The van der Waals surface area contributed by atoms with E-state index in [2.05, 4.69) is 15.3 Å². The number of hydrogen-bond donors (Lipinski definition) is 2. The normalized spacial score (nSPS) is 12.0. The summed E-state index contributed by atoms with van der Waals surface area (Å²) in [5.74, 6) is -0.647. The maximum absolute atomic E-state index is 12.8. The van der Waals surface area contributed by atoms with Gasteiger partial charge in [0.2, 0.25) is 5.95 Å². The van der Waals surface area contributed by atoms with E-state index < -0.39 is 17.7 Å². The summed E-state index contributed by atoms with van der Waals surface area (Å²) in [6, 6.07) is 7.96. The third kappa shape index (κ3) is 3.08. The maximum Gasteiger partial charge on any atom is 0.416 e. The van der Waals surface area contributed by atoms with E-state index in [4.69, 9.17) is 5.11 Å². The van der Waals surface area contributed by atoms with Crippen molar-refractivity contribution in [2.75, 3.05) is 5.32 Å². The number of aryl methyl sites for hydroxylation is 1. The molecule has 0 atom stereocenters. The van der Waals surface area contributed by atoms with E-state index in [-0.39, 0.29) is 5.56 Å². The molecule has 10 heteroatoms. The van der Waals surface area contributed by atoms with Crippen LogP contribution in [0, 0.1) is 0 Å². The molecule has 138 valence electrons. The van der Waals surface area contributed by atoms with Gasteiger partial charge in [0, 0.05) is 7.05 Å². The lowest BCUT2D eigenvalue weighted by molar-refractivity contribution is -0.137. The van der Waals surface area contributed by atoms with Crippen molar-refractivity contribution in [2.24, 2.45) is 7.05 Å². The molecule has 0 aliphatic carbocycles. The number of aromatic carboxylic acids is 1. The summed E-state index contributed by atoms with van der Waals surface area (Å²) in [5.41, 5.74) is 1.03. The number of alkyl halides is 3. The summed E-state index contributed by atoms with van der Waals surface area (Å²) in [7, 11) is 1.74. The van der Waals surface area contributed by atoms with Gasteiger partial charge in [-0.1, -0.05) is 11.3 Å². The lowest BCUT2D eigenvalue weighted by Gasteiger charge is -2.04. The third-order valence-electron chi connectivity index (χ3n) is 4.06. The number of halogens is 3. The Morgan fingerprint density at radius 2 is 1.93 bits per heavy atom. The highest BCUT2D eigenvalue weighted by Gasteiger charge is 2.30. The molecule has 0 saturated heterocycles. The number of rotatable bonds is 3. The number of nitrogens with one attached hydrogen (secondary N) is 1. The van der Waals surface area contributed by atoms with Gasteiger partial charge in [-0.25, -0.2) is 14.8 Å². The predicted molar refractivity (Wildman–Crippen MR) is 95.6 cm³/mol. The minimum Gasteiger partial charge on any atom is -0.478 e. The van der Waals surface area contributed by atoms with E-state index >= 15 is 0 Å². The highest BCUT2D eigenvalue weighted by Crippen LogP contribution is 2.35. The Bertz CT molecular complexity index is 1200. The summed E-state index contributed by atoms with van der Waals surface area (Å²) in [6.45, 7) is 0. The molecule has 0 unspecified atom stereocenters.